The number of rotatable bonds is 4. The smallest absolute Gasteiger partial charge is 0.212 e. The van der Waals surface area contributed by atoms with Gasteiger partial charge in [-0.1, -0.05) is 20.8 Å². The second kappa shape index (κ2) is 6.81. The van der Waals surface area contributed by atoms with Gasteiger partial charge in [0.25, 0.3) is 0 Å². The van der Waals surface area contributed by atoms with Crippen molar-refractivity contribution in [3.63, 3.8) is 0 Å². The van der Waals surface area contributed by atoms with Crippen molar-refractivity contribution in [1.29, 1.82) is 0 Å². The Balaban J connectivity index is 1.47. The number of nitrogens with one attached hydrogen (secondary N) is 2. The maximum absolute atomic E-state index is 5.12. The summed E-state index contributed by atoms with van der Waals surface area (Å²) in [5.74, 6) is 1.48. The number of ether oxygens (including phenoxy) is 1. The summed E-state index contributed by atoms with van der Waals surface area (Å²) in [6.07, 6.45) is 2.73. The molecule has 0 radical (unpaired) electrons. The highest BCUT2D eigenvalue weighted by atomic mass is 16.5. The first-order valence-electron chi connectivity index (χ1n) is 9.27. The summed E-state index contributed by atoms with van der Waals surface area (Å²) in [7, 11) is 1.62. The van der Waals surface area contributed by atoms with E-state index in [9.17, 15) is 0 Å². The van der Waals surface area contributed by atoms with Gasteiger partial charge in [-0.25, -0.2) is 9.97 Å². The Bertz CT molecular complexity index is 919. The molecular weight excluding hydrogens is 340 g/mol. The molecule has 0 aliphatic carbocycles. The molecule has 2 N–H and O–H groups in total. The molecule has 4 heterocycles. The van der Waals surface area contributed by atoms with Crippen molar-refractivity contribution in [2.24, 2.45) is 0 Å². The lowest BCUT2D eigenvalue weighted by atomic mass is 9.92. The van der Waals surface area contributed by atoms with Crippen molar-refractivity contribution in [3.8, 4) is 17.3 Å². The van der Waals surface area contributed by atoms with Crippen LogP contribution in [-0.4, -0.2) is 43.7 Å². The van der Waals surface area contributed by atoms with E-state index in [-0.39, 0.29) is 5.41 Å². The van der Waals surface area contributed by atoms with E-state index < -0.39 is 0 Å². The number of fused-ring (bicyclic) bond motifs is 1. The molecule has 4 rings (SSSR count). The highest BCUT2D eigenvalue weighted by molar-refractivity contribution is 5.55. The topological polar surface area (TPSA) is 82.7 Å². The molecule has 3 aromatic heterocycles. The molecule has 3 aromatic rings. The summed E-state index contributed by atoms with van der Waals surface area (Å²) in [4.78, 5) is 14.9. The van der Waals surface area contributed by atoms with E-state index in [4.69, 9.17) is 9.72 Å². The molecule has 7 heteroatoms. The number of aromatic amines is 2. The summed E-state index contributed by atoms with van der Waals surface area (Å²) < 4.78 is 5.12. The lowest BCUT2D eigenvalue weighted by Crippen LogP contribution is -2.30. The van der Waals surface area contributed by atoms with Gasteiger partial charge in [-0.2, -0.15) is 5.10 Å². The minimum atomic E-state index is 0.0640. The molecule has 142 valence electrons. The third kappa shape index (κ3) is 3.73. The molecule has 0 bridgehead atoms. The van der Waals surface area contributed by atoms with E-state index in [0.29, 0.717) is 5.88 Å². The average molecular weight is 366 g/mol. The van der Waals surface area contributed by atoms with Gasteiger partial charge in [0, 0.05) is 55.0 Å². The summed E-state index contributed by atoms with van der Waals surface area (Å²) in [6, 6.07) is 6.01. The maximum Gasteiger partial charge on any atom is 0.212 e. The second-order valence-electron chi connectivity index (χ2n) is 8.09. The Labute approximate surface area is 159 Å². The fourth-order valence-corrected chi connectivity index (χ4v) is 3.33. The standard InChI is InChI=1S/C20H26N6O/c1-20(2,3)17-9-14(24-25-17)11-26-8-7-15-16(12-26)23-19(22-15)13-5-6-18(27-4)21-10-13/h5-6,9-10H,7-8,11-12H2,1-4H3,(H,22,23)(H,24,25). The molecule has 0 saturated heterocycles. The van der Waals surface area contributed by atoms with Crippen LogP contribution in [0.5, 0.6) is 5.88 Å². The summed E-state index contributed by atoms with van der Waals surface area (Å²) >= 11 is 0. The molecular formula is C20H26N6O. The molecule has 7 nitrogen and oxygen atoms in total. The Morgan fingerprint density at radius 2 is 2.11 bits per heavy atom. The molecule has 0 saturated carbocycles. The third-order valence-electron chi connectivity index (χ3n) is 4.92. The van der Waals surface area contributed by atoms with Crippen molar-refractivity contribution >= 4 is 0 Å². The first-order chi connectivity index (χ1) is 12.9. The van der Waals surface area contributed by atoms with Gasteiger partial charge in [0.2, 0.25) is 5.88 Å². The van der Waals surface area contributed by atoms with Crippen LogP contribution in [-0.2, 0) is 24.9 Å². The van der Waals surface area contributed by atoms with Crippen LogP contribution in [0.25, 0.3) is 11.4 Å². The normalized spacial score (nSPS) is 15.0. The highest BCUT2D eigenvalue weighted by Gasteiger charge is 2.23. The van der Waals surface area contributed by atoms with E-state index in [1.54, 1.807) is 13.3 Å². The zero-order chi connectivity index (χ0) is 19.0. The molecule has 1 aliphatic rings. The van der Waals surface area contributed by atoms with E-state index in [1.807, 2.05) is 12.1 Å². The number of pyridine rings is 1. The summed E-state index contributed by atoms with van der Waals surface area (Å²) in [6.45, 7) is 9.25. The van der Waals surface area contributed by atoms with Crippen LogP contribution in [0.2, 0.25) is 0 Å². The van der Waals surface area contributed by atoms with E-state index in [1.165, 1.54) is 5.69 Å². The highest BCUT2D eigenvalue weighted by Crippen LogP contribution is 2.25. The number of hydrogen-bond donors (Lipinski definition) is 2. The zero-order valence-corrected chi connectivity index (χ0v) is 16.3. The summed E-state index contributed by atoms with van der Waals surface area (Å²) in [5.41, 5.74) is 5.63. The van der Waals surface area contributed by atoms with Crippen molar-refractivity contribution in [3.05, 3.63) is 47.2 Å². The third-order valence-corrected chi connectivity index (χ3v) is 4.92. The van der Waals surface area contributed by atoms with Gasteiger partial charge in [-0.15, -0.1) is 0 Å². The van der Waals surface area contributed by atoms with Gasteiger partial charge in [-0.3, -0.25) is 10.00 Å². The van der Waals surface area contributed by atoms with Crippen LogP contribution in [0.4, 0.5) is 0 Å². The van der Waals surface area contributed by atoms with Crippen LogP contribution in [0.15, 0.2) is 24.4 Å². The van der Waals surface area contributed by atoms with Gasteiger partial charge in [0.05, 0.1) is 24.2 Å². The van der Waals surface area contributed by atoms with Crippen LogP contribution in [0, 0.1) is 0 Å². The average Bonchev–Trinajstić information content (AvgIpc) is 3.28. The maximum atomic E-state index is 5.12. The second-order valence-corrected chi connectivity index (χ2v) is 8.09. The van der Waals surface area contributed by atoms with Gasteiger partial charge in [0.15, 0.2) is 0 Å². The zero-order valence-electron chi connectivity index (χ0n) is 16.3. The summed E-state index contributed by atoms with van der Waals surface area (Å²) in [5, 5.41) is 7.65. The molecule has 0 aromatic carbocycles. The predicted octanol–water partition coefficient (Wildman–Crippen LogP) is 3.06. The number of aromatic nitrogens is 5. The Morgan fingerprint density at radius 3 is 2.78 bits per heavy atom. The first kappa shape index (κ1) is 17.7. The van der Waals surface area contributed by atoms with Crippen LogP contribution < -0.4 is 4.74 Å². The van der Waals surface area contributed by atoms with E-state index >= 15 is 0 Å². The van der Waals surface area contributed by atoms with Crippen molar-refractivity contribution in [1.82, 2.24) is 30.0 Å². The van der Waals surface area contributed by atoms with Crippen LogP contribution in [0.3, 0.4) is 0 Å². The van der Waals surface area contributed by atoms with Crippen molar-refractivity contribution in [2.45, 2.75) is 45.7 Å². The first-order valence-corrected chi connectivity index (χ1v) is 9.27. The quantitative estimate of drug-likeness (QED) is 0.741. The minimum absolute atomic E-state index is 0.0640. The molecule has 1 aliphatic heterocycles. The van der Waals surface area contributed by atoms with Crippen molar-refractivity contribution < 1.29 is 4.74 Å². The molecule has 0 fully saturated rings. The fourth-order valence-electron chi connectivity index (χ4n) is 3.33. The van der Waals surface area contributed by atoms with Crippen molar-refractivity contribution in [2.75, 3.05) is 13.7 Å². The van der Waals surface area contributed by atoms with Gasteiger partial charge in [0.1, 0.15) is 5.82 Å². The van der Waals surface area contributed by atoms with Gasteiger partial charge < -0.3 is 9.72 Å². The Morgan fingerprint density at radius 1 is 1.26 bits per heavy atom. The number of imidazole rings is 1. The molecule has 0 unspecified atom stereocenters. The molecule has 0 atom stereocenters. The molecule has 0 spiro atoms. The Kier molecular flexibility index (Phi) is 4.47. The monoisotopic (exact) mass is 366 g/mol. The Hall–Kier alpha value is -2.67. The van der Waals surface area contributed by atoms with Crippen LogP contribution in [0.1, 0.15) is 43.5 Å². The van der Waals surface area contributed by atoms with E-state index in [0.717, 1.165) is 54.5 Å². The SMILES string of the molecule is COc1ccc(-c2nc3c([nH]2)CN(Cc2cc(C(C)(C)C)n[nH]2)CC3)cn1. The van der Waals surface area contributed by atoms with Gasteiger partial charge in [-0.05, 0) is 12.1 Å². The van der Waals surface area contributed by atoms with Gasteiger partial charge >= 0.3 is 0 Å². The van der Waals surface area contributed by atoms with Crippen LogP contribution >= 0.6 is 0 Å². The minimum Gasteiger partial charge on any atom is -0.481 e. The molecule has 0 amide bonds. The predicted molar refractivity (Wildman–Crippen MR) is 103 cm³/mol. The number of nitrogens with zero attached hydrogens (tertiary/aromatic N) is 4. The lowest BCUT2D eigenvalue weighted by Gasteiger charge is -2.25. The number of methoxy groups -OCH3 is 1. The number of H-pyrrole nitrogens is 2. The fraction of sp³-hybridized carbons (Fsp3) is 0.450. The largest absolute Gasteiger partial charge is 0.481 e. The lowest BCUT2D eigenvalue weighted by molar-refractivity contribution is 0.238. The molecule has 27 heavy (non-hydrogen) atoms. The number of hydrogen-bond acceptors (Lipinski definition) is 5. The van der Waals surface area contributed by atoms with E-state index in [2.05, 4.69) is 51.9 Å².